The first-order valence-electron chi connectivity index (χ1n) is 8.47. The molecule has 0 amide bonds. The molecule has 0 bridgehead atoms. The van der Waals surface area contributed by atoms with Crippen LogP contribution in [0.2, 0.25) is 0 Å². The summed E-state index contributed by atoms with van der Waals surface area (Å²) in [5, 5.41) is 0. The second kappa shape index (κ2) is 8.42. The topological polar surface area (TPSA) is 58.4 Å². The summed E-state index contributed by atoms with van der Waals surface area (Å²) in [6.07, 6.45) is 3.77. The average molecular weight is 373 g/mol. The molecular formula is C19H23N3O3S. The molecule has 0 saturated heterocycles. The first-order valence-corrected chi connectivity index (χ1v) is 9.65. The Hall–Kier alpha value is -2.25. The molecule has 7 heteroatoms. The fourth-order valence-corrected chi connectivity index (χ4v) is 3.41. The molecule has 0 spiro atoms. The van der Waals surface area contributed by atoms with Crippen LogP contribution in [-0.4, -0.2) is 47.1 Å². The van der Waals surface area contributed by atoms with Crippen molar-refractivity contribution in [1.82, 2.24) is 13.9 Å². The zero-order valence-electron chi connectivity index (χ0n) is 15.5. The predicted molar refractivity (Wildman–Crippen MR) is 105 cm³/mol. The van der Waals surface area contributed by atoms with Gasteiger partial charge in [0.2, 0.25) is 0 Å². The molecule has 26 heavy (non-hydrogen) atoms. The number of rotatable bonds is 8. The van der Waals surface area contributed by atoms with Gasteiger partial charge in [-0.15, -0.1) is 0 Å². The van der Waals surface area contributed by atoms with Crippen molar-refractivity contribution in [3.63, 3.8) is 0 Å². The molecule has 0 saturated carbocycles. The van der Waals surface area contributed by atoms with Crippen molar-refractivity contribution in [2.24, 2.45) is 0 Å². The van der Waals surface area contributed by atoms with Crippen LogP contribution in [0.1, 0.15) is 12.5 Å². The monoisotopic (exact) mass is 373 g/mol. The number of ether oxygens (including phenoxy) is 3. The van der Waals surface area contributed by atoms with Crippen LogP contribution in [0, 0.1) is 6.92 Å². The molecule has 1 aromatic carbocycles. The van der Waals surface area contributed by atoms with E-state index in [4.69, 9.17) is 19.2 Å². The number of hydrogen-bond acceptors (Lipinski definition) is 6. The zero-order valence-corrected chi connectivity index (χ0v) is 16.3. The van der Waals surface area contributed by atoms with Gasteiger partial charge in [-0.2, -0.15) is 0 Å². The average Bonchev–Trinajstić information content (AvgIpc) is 3.03. The van der Waals surface area contributed by atoms with Crippen LogP contribution in [0.15, 0.2) is 30.5 Å². The minimum atomic E-state index is 0.508. The number of pyridine rings is 1. The molecule has 0 aliphatic carbocycles. The minimum absolute atomic E-state index is 0.508. The molecule has 2 heterocycles. The second-order valence-electron chi connectivity index (χ2n) is 5.60. The predicted octanol–water partition coefficient (Wildman–Crippen LogP) is 3.96. The Morgan fingerprint density at radius 3 is 2.77 bits per heavy atom. The molecule has 3 rings (SSSR count). The van der Waals surface area contributed by atoms with Crippen molar-refractivity contribution in [3.05, 3.63) is 36.0 Å². The first-order chi connectivity index (χ1) is 12.7. The highest BCUT2D eigenvalue weighted by Gasteiger charge is 2.18. The normalized spacial score (nSPS) is 11.1. The van der Waals surface area contributed by atoms with Crippen LogP contribution in [0.25, 0.3) is 22.6 Å². The third-order valence-corrected chi connectivity index (χ3v) is 4.79. The van der Waals surface area contributed by atoms with E-state index in [1.807, 2.05) is 44.4 Å². The van der Waals surface area contributed by atoms with Crippen LogP contribution in [0.3, 0.4) is 0 Å². The molecular weight excluding hydrogens is 350 g/mol. The Balaban J connectivity index is 2.00. The molecule has 0 fully saturated rings. The molecule has 0 radical (unpaired) electrons. The van der Waals surface area contributed by atoms with Gasteiger partial charge in [-0.25, -0.2) is 4.98 Å². The van der Waals surface area contributed by atoms with E-state index >= 15 is 0 Å². The Labute approximate surface area is 157 Å². The summed E-state index contributed by atoms with van der Waals surface area (Å²) in [5.74, 6) is 2.38. The summed E-state index contributed by atoms with van der Waals surface area (Å²) in [6.45, 7) is 5.73. The minimum Gasteiger partial charge on any atom is -0.497 e. The number of benzene rings is 1. The third-order valence-electron chi connectivity index (χ3n) is 4.06. The summed E-state index contributed by atoms with van der Waals surface area (Å²) in [5.41, 5.74) is 3.67. The van der Waals surface area contributed by atoms with E-state index in [-0.39, 0.29) is 0 Å². The van der Waals surface area contributed by atoms with Gasteiger partial charge in [0.15, 0.2) is 5.82 Å². The van der Waals surface area contributed by atoms with Gasteiger partial charge in [0.1, 0.15) is 23.8 Å². The van der Waals surface area contributed by atoms with E-state index in [0.717, 1.165) is 39.6 Å². The van der Waals surface area contributed by atoms with Crippen molar-refractivity contribution >= 4 is 23.0 Å². The summed E-state index contributed by atoms with van der Waals surface area (Å²) in [7, 11) is 1.66. The van der Waals surface area contributed by atoms with E-state index in [9.17, 15) is 0 Å². The highest BCUT2D eigenvalue weighted by atomic mass is 32.2. The van der Waals surface area contributed by atoms with E-state index in [1.54, 1.807) is 25.3 Å². The SMILES string of the molecule is CCOCCOc1ccnc(-c2nc3cc(OC)ccc3n2SC)c1C. The lowest BCUT2D eigenvalue weighted by atomic mass is 10.2. The maximum atomic E-state index is 5.86. The van der Waals surface area contributed by atoms with Crippen molar-refractivity contribution in [2.45, 2.75) is 13.8 Å². The number of imidazole rings is 1. The van der Waals surface area contributed by atoms with Crippen molar-refractivity contribution in [1.29, 1.82) is 0 Å². The molecule has 6 nitrogen and oxygen atoms in total. The van der Waals surface area contributed by atoms with Crippen LogP contribution in [0.5, 0.6) is 11.5 Å². The third kappa shape index (κ3) is 3.64. The highest BCUT2D eigenvalue weighted by molar-refractivity contribution is 7.97. The van der Waals surface area contributed by atoms with Gasteiger partial charge in [0.25, 0.3) is 0 Å². The van der Waals surface area contributed by atoms with Gasteiger partial charge in [-0.05, 0) is 44.0 Å². The largest absolute Gasteiger partial charge is 0.497 e. The van der Waals surface area contributed by atoms with Crippen molar-refractivity contribution in [3.8, 4) is 23.0 Å². The number of aromatic nitrogens is 3. The summed E-state index contributed by atoms with van der Waals surface area (Å²) < 4.78 is 18.6. The number of hydrogen-bond donors (Lipinski definition) is 0. The Bertz CT molecular complexity index is 895. The second-order valence-corrected chi connectivity index (χ2v) is 6.33. The molecule has 0 atom stereocenters. The van der Waals surface area contributed by atoms with Gasteiger partial charge >= 0.3 is 0 Å². The highest BCUT2D eigenvalue weighted by Crippen LogP contribution is 2.33. The molecule has 0 unspecified atom stereocenters. The molecule has 0 aliphatic rings. The lowest BCUT2D eigenvalue weighted by Gasteiger charge is -2.12. The fraction of sp³-hybridized carbons (Fsp3) is 0.368. The fourth-order valence-electron chi connectivity index (χ4n) is 2.75. The molecule has 2 aromatic heterocycles. The van der Waals surface area contributed by atoms with E-state index in [0.29, 0.717) is 19.8 Å². The lowest BCUT2D eigenvalue weighted by Crippen LogP contribution is -2.08. The number of fused-ring (bicyclic) bond motifs is 1. The zero-order chi connectivity index (χ0) is 18.5. The van der Waals surface area contributed by atoms with Crippen LogP contribution < -0.4 is 9.47 Å². The van der Waals surface area contributed by atoms with Gasteiger partial charge in [0, 0.05) is 30.7 Å². The van der Waals surface area contributed by atoms with Gasteiger partial charge < -0.3 is 14.2 Å². The van der Waals surface area contributed by atoms with Gasteiger partial charge in [0.05, 0.1) is 24.8 Å². The first kappa shape index (κ1) is 18.5. The van der Waals surface area contributed by atoms with Crippen LogP contribution in [0.4, 0.5) is 0 Å². The van der Waals surface area contributed by atoms with Crippen LogP contribution >= 0.6 is 11.9 Å². The lowest BCUT2D eigenvalue weighted by molar-refractivity contribution is 0.110. The summed E-state index contributed by atoms with van der Waals surface area (Å²) in [4.78, 5) is 9.35. The smallest absolute Gasteiger partial charge is 0.170 e. The summed E-state index contributed by atoms with van der Waals surface area (Å²) in [6, 6.07) is 7.76. The number of nitrogens with zero attached hydrogens (tertiary/aromatic N) is 3. The van der Waals surface area contributed by atoms with E-state index in [2.05, 4.69) is 8.96 Å². The van der Waals surface area contributed by atoms with E-state index < -0.39 is 0 Å². The van der Waals surface area contributed by atoms with Gasteiger partial charge in [-0.3, -0.25) is 8.96 Å². The Kier molecular flexibility index (Phi) is 6.00. The molecule has 138 valence electrons. The quantitative estimate of drug-likeness (QED) is 0.557. The van der Waals surface area contributed by atoms with Crippen molar-refractivity contribution in [2.75, 3.05) is 33.2 Å². The Morgan fingerprint density at radius 2 is 2.04 bits per heavy atom. The molecule has 0 N–H and O–H groups in total. The molecule has 0 aliphatic heterocycles. The standard InChI is InChI=1S/C19H23N3O3S/c1-5-24-10-11-25-17-8-9-20-18(13(17)2)19-21-15-12-14(23-3)6-7-16(15)22(19)26-4/h6-9,12H,5,10-11H2,1-4H3. The maximum absolute atomic E-state index is 5.86. The number of methoxy groups -OCH3 is 1. The van der Waals surface area contributed by atoms with Crippen molar-refractivity contribution < 1.29 is 14.2 Å². The Morgan fingerprint density at radius 1 is 1.19 bits per heavy atom. The summed E-state index contributed by atoms with van der Waals surface area (Å²) >= 11 is 1.59. The van der Waals surface area contributed by atoms with Crippen LogP contribution in [-0.2, 0) is 4.74 Å². The maximum Gasteiger partial charge on any atom is 0.170 e. The molecule has 3 aromatic rings. The van der Waals surface area contributed by atoms with E-state index in [1.165, 1.54) is 0 Å². The van der Waals surface area contributed by atoms with Gasteiger partial charge in [-0.1, -0.05) is 0 Å².